The van der Waals surface area contributed by atoms with Crippen molar-refractivity contribution in [2.75, 3.05) is 32.9 Å². The monoisotopic (exact) mass is 329 g/mol. The predicted octanol–water partition coefficient (Wildman–Crippen LogP) is 2.07. The molecule has 1 aromatic heterocycles. The van der Waals surface area contributed by atoms with E-state index in [-0.39, 0.29) is 6.10 Å². The second-order valence-corrected chi connectivity index (χ2v) is 6.42. The van der Waals surface area contributed by atoms with Gasteiger partial charge in [0.15, 0.2) is 11.5 Å². The zero-order chi connectivity index (χ0) is 16.5. The van der Waals surface area contributed by atoms with Crippen LogP contribution >= 0.6 is 0 Å². The number of ether oxygens (including phenoxy) is 3. The number of benzene rings is 1. The van der Waals surface area contributed by atoms with E-state index in [0.717, 1.165) is 49.3 Å². The molecule has 0 saturated carbocycles. The Morgan fingerprint density at radius 1 is 1.17 bits per heavy atom. The fraction of sp³-hybridized carbons (Fsp3) is 0.500. The molecule has 4 rings (SSSR count). The van der Waals surface area contributed by atoms with Crippen molar-refractivity contribution >= 4 is 0 Å². The van der Waals surface area contributed by atoms with Gasteiger partial charge in [-0.1, -0.05) is 6.07 Å². The number of aromatic nitrogens is 2. The van der Waals surface area contributed by atoms with E-state index in [9.17, 15) is 0 Å². The minimum absolute atomic E-state index is 0.0228. The van der Waals surface area contributed by atoms with E-state index in [1.165, 1.54) is 5.56 Å². The molecule has 1 aromatic carbocycles. The van der Waals surface area contributed by atoms with Crippen LogP contribution in [0.15, 0.2) is 24.4 Å². The first-order valence-electron chi connectivity index (χ1n) is 8.41. The Hall–Kier alpha value is -2.05. The molecule has 6 nitrogen and oxygen atoms in total. The predicted molar refractivity (Wildman–Crippen MR) is 89.3 cm³/mol. The van der Waals surface area contributed by atoms with E-state index in [1.807, 2.05) is 26.2 Å². The highest BCUT2D eigenvalue weighted by Gasteiger charge is 2.25. The Labute approximate surface area is 142 Å². The van der Waals surface area contributed by atoms with E-state index < -0.39 is 0 Å². The molecule has 0 radical (unpaired) electrons. The van der Waals surface area contributed by atoms with E-state index in [4.69, 9.17) is 14.2 Å². The van der Waals surface area contributed by atoms with E-state index >= 15 is 0 Å². The van der Waals surface area contributed by atoms with Gasteiger partial charge < -0.3 is 18.8 Å². The zero-order valence-electron chi connectivity index (χ0n) is 14.2. The van der Waals surface area contributed by atoms with Crippen molar-refractivity contribution in [3.63, 3.8) is 0 Å². The van der Waals surface area contributed by atoms with Crippen LogP contribution in [-0.4, -0.2) is 47.4 Å². The van der Waals surface area contributed by atoms with Gasteiger partial charge in [-0.2, -0.15) is 0 Å². The lowest BCUT2D eigenvalue weighted by atomic mass is 10.1. The van der Waals surface area contributed by atoms with E-state index in [1.54, 1.807) is 0 Å². The van der Waals surface area contributed by atoms with Gasteiger partial charge in [-0.15, -0.1) is 0 Å². The van der Waals surface area contributed by atoms with Crippen LogP contribution < -0.4 is 9.47 Å². The van der Waals surface area contributed by atoms with Gasteiger partial charge >= 0.3 is 0 Å². The Morgan fingerprint density at radius 3 is 2.79 bits per heavy atom. The molecule has 2 aromatic rings. The van der Waals surface area contributed by atoms with Crippen LogP contribution in [0.2, 0.25) is 0 Å². The summed E-state index contributed by atoms with van der Waals surface area (Å²) in [4.78, 5) is 7.01. The van der Waals surface area contributed by atoms with Gasteiger partial charge in [0, 0.05) is 32.9 Å². The summed E-state index contributed by atoms with van der Waals surface area (Å²) in [6.07, 6.45) is 2.06. The largest absolute Gasteiger partial charge is 0.486 e. The van der Waals surface area contributed by atoms with Crippen molar-refractivity contribution in [2.45, 2.75) is 19.6 Å². The third kappa shape index (κ3) is 3.12. The number of aryl methyl sites for hydroxylation is 2. The molecule has 0 N–H and O–H groups in total. The highest BCUT2D eigenvalue weighted by atomic mass is 16.6. The van der Waals surface area contributed by atoms with Crippen molar-refractivity contribution in [2.24, 2.45) is 7.05 Å². The first-order chi connectivity index (χ1) is 11.7. The lowest BCUT2D eigenvalue weighted by Gasteiger charge is -2.32. The van der Waals surface area contributed by atoms with Gasteiger partial charge in [-0.05, 0) is 24.6 Å². The lowest BCUT2D eigenvalue weighted by molar-refractivity contribution is -0.0384. The number of hydrogen-bond acceptors (Lipinski definition) is 5. The van der Waals surface area contributed by atoms with Crippen molar-refractivity contribution in [1.29, 1.82) is 0 Å². The molecule has 2 aliphatic heterocycles. The third-order valence-corrected chi connectivity index (χ3v) is 4.48. The molecule has 1 fully saturated rings. The molecule has 2 aliphatic rings. The normalized spacial score (nSPS) is 21.0. The molecular formula is C18H23N3O3. The lowest BCUT2D eigenvalue weighted by Crippen LogP contribution is -2.38. The van der Waals surface area contributed by atoms with Gasteiger partial charge in [-0.25, -0.2) is 4.98 Å². The molecule has 0 unspecified atom stereocenters. The first-order valence-corrected chi connectivity index (χ1v) is 8.41. The summed E-state index contributed by atoms with van der Waals surface area (Å²) >= 11 is 0. The van der Waals surface area contributed by atoms with Crippen LogP contribution in [0.3, 0.4) is 0 Å². The quantitative estimate of drug-likeness (QED) is 0.863. The summed E-state index contributed by atoms with van der Waals surface area (Å²) in [5, 5.41) is 0. The average Bonchev–Trinajstić information content (AvgIpc) is 2.93. The summed E-state index contributed by atoms with van der Waals surface area (Å²) in [7, 11) is 2.03. The second kappa shape index (κ2) is 6.45. The summed E-state index contributed by atoms with van der Waals surface area (Å²) in [5.74, 6) is 2.69. The highest BCUT2D eigenvalue weighted by Crippen LogP contribution is 2.31. The maximum atomic E-state index is 5.95. The molecule has 0 bridgehead atoms. The third-order valence-electron chi connectivity index (χ3n) is 4.48. The summed E-state index contributed by atoms with van der Waals surface area (Å²) in [6.45, 7) is 6.63. The Balaban J connectivity index is 1.46. The number of morpholine rings is 1. The Bertz CT molecular complexity index is 728. The molecule has 1 saturated heterocycles. The molecular weight excluding hydrogens is 306 g/mol. The zero-order valence-corrected chi connectivity index (χ0v) is 14.2. The van der Waals surface area contributed by atoms with Gasteiger partial charge in [0.2, 0.25) is 0 Å². The fourth-order valence-corrected chi connectivity index (χ4v) is 3.38. The number of rotatable bonds is 3. The van der Waals surface area contributed by atoms with Crippen molar-refractivity contribution in [1.82, 2.24) is 14.5 Å². The van der Waals surface area contributed by atoms with E-state index in [2.05, 4.69) is 26.6 Å². The molecule has 3 heterocycles. The average molecular weight is 329 g/mol. The maximum absolute atomic E-state index is 5.95. The standard InChI is InChI=1S/C18H23N3O3/c1-13-10-20(2)18(19-13)17-12-21(5-6-22-17)11-14-3-4-15-16(9-14)24-8-7-23-15/h3-4,9-10,17H,5-8,11-12H2,1-2H3/t17-/m0/s1. The van der Waals surface area contributed by atoms with Crippen LogP contribution in [0.1, 0.15) is 23.2 Å². The number of hydrogen-bond donors (Lipinski definition) is 0. The topological polar surface area (TPSA) is 48.8 Å². The van der Waals surface area contributed by atoms with Gasteiger partial charge in [0.1, 0.15) is 25.1 Å². The van der Waals surface area contributed by atoms with E-state index in [0.29, 0.717) is 13.2 Å². The maximum Gasteiger partial charge on any atom is 0.161 e. The van der Waals surface area contributed by atoms with Crippen LogP contribution in [0.4, 0.5) is 0 Å². The molecule has 128 valence electrons. The molecule has 0 spiro atoms. The molecule has 0 amide bonds. The minimum Gasteiger partial charge on any atom is -0.486 e. The number of fused-ring (bicyclic) bond motifs is 1. The molecule has 6 heteroatoms. The molecule has 1 atom stereocenters. The number of imidazole rings is 1. The van der Waals surface area contributed by atoms with Crippen LogP contribution in [0.5, 0.6) is 11.5 Å². The number of nitrogens with zero attached hydrogens (tertiary/aromatic N) is 3. The SMILES string of the molecule is Cc1cn(C)c([C@@H]2CN(Cc3ccc4c(c3)OCCO4)CCO2)n1. The summed E-state index contributed by atoms with van der Waals surface area (Å²) in [5.41, 5.74) is 2.26. The van der Waals surface area contributed by atoms with Gasteiger partial charge in [-0.3, -0.25) is 4.90 Å². The van der Waals surface area contributed by atoms with Gasteiger partial charge in [0.25, 0.3) is 0 Å². The summed E-state index contributed by atoms with van der Waals surface area (Å²) < 4.78 is 19.3. The van der Waals surface area contributed by atoms with Crippen LogP contribution in [-0.2, 0) is 18.3 Å². The Morgan fingerprint density at radius 2 is 2.00 bits per heavy atom. The minimum atomic E-state index is 0.0228. The smallest absolute Gasteiger partial charge is 0.161 e. The van der Waals surface area contributed by atoms with Gasteiger partial charge in [0.05, 0.1) is 12.3 Å². The van der Waals surface area contributed by atoms with Crippen molar-refractivity contribution < 1.29 is 14.2 Å². The molecule has 0 aliphatic carbocycles. The Kier molecular flexibility index (Phi) is 4.16. The first kappa shape index (κ1) is 15.5. The fourth-order valence-electron chi connectivity index (χ4n) is 3.38. The van der Waals surface area contributed by atoms with Crippen LogP contribution in [0, 0.1) is 6.92 Å². The van der Waals surface area contributed by atoms with Crippen molar-refractivity contribution in [3.05, 3.63) is 41.5 Å². The highest BCUT2D eigenvalue weighted by molar-refractivity contribution is 5.43. The second-order valence-electron chi connectivity index (χ2n) is 6.42. The summed E-state index contributed by atoms with van der Waals surface area (Å²) in [6, 6.07) is 6.21. The van der Waals surface area contributed by atoms with Crippen LogP contribution in [0.25, 0.3) is 0 Å². The molecule has 24 heavy (non-hydrogen) atoms. The van der Waals surface area contributed by atoms with Crippen molar-refractivity contribution in [3.8, 4) is 11.5 Å².